The monoisotopic (exact) mass is 578 g/mol. The third-order valence-electron chi connectivity index (χ3n) is 8.44. The number of nitrogens with zero attached hydrogens (tertiary/aromatic N) is 2. The number of nitriles is 2. The maximum Gasteiger partial charge on any atom is 0.169 e. The molecule has 0 amide bonds. The maximum atomic E-state index is 14.6. The fraction of sp³-hybridized carbons (Fsp3) is 0.229. The summed E-state index contributed by atoms with van der Waals surface area (Å²) in [6.07, 6.45) is -0.0397. The van der Waals surface area contributed by atoms with E-state index < -0.39 is 28.8 Å². The van der Waals surface area contributed by atoms with E-state index >= 15 is 0 Å². The van der Waals surface area contributed by atoms with Gasteiger partial charge in [-0.3, -0.25) is 4.79 Å². The third kappa shape index (κ3) is 5.05. The van der Waals surface area contributed by atoms with Gasteiger partial charge in [0.15, 0.2) is 11.2 Å². The molecule has 0 bridgehead atoms. The molecule has 1 fully saturated rings. The van der Waals surface area contributed by atoms with Crippen molar-refractivity contribution in [3.8, 4) is 12.1 Å². The van der Waals surface area contributed by atoms with E-state index in [2.05, 4.69) is 12.1 Å². The number of halogens is 2. The summed E-state index contributed by atoms with van der Waals surface area (Å²) in [7, 11) is 0. The maximum absolute atomic E-state index is 14.6. The van der Waals surface area contributed by atoms with Crippen molar-refractivity contribution >= 4 is 29.0 Å². The molecule has 1 aliphatic carbocycles. The molecule has 6 heteroatoms. The molecule has 4 atom stereocenters. The van der Waals surface area contributed by atoms with Crippen LogP contribution in [0.5, 0.6) is 0 Å². The summed E-state index contributed by atoms with van der Waals surface area (Å²) in [5, 5.41) is 35.6. The number of hydrogen-bond acceptors (Lipinski definition) is 4. The highest BCUT2D eigenvalue weighted by Crippen LogP contribution is 2.63. The predicted octanol–water partition coefficient (Wildman–Crippen LogP) is 8.30. The molecule has 4 aromatic rings. The van der Waals surface area contributed by atoms with Gasteiger partial charge in [-0.05, 0) is 61.2 Å². The summed E-state index contributed by atoms with van der Waals surface area (Å²) in [6.45, 7) is 3.88. The molecule has 0 radical (unpaired) electrons. The lowest BCUT2D eigenvalue weighted by Gasteiger charge is -2.53. The van der Waals surface area contributed by atoms with Gasteiger partial charge in [-0.25, -0.2) is 0 Å². The first-order valence-electron chi connectivity index (χ1n) is 13.4. The van der Waals surface area contributed by atoms with Crippen LogP contribution in [0, 0.1) is 47.8 Å². The molecule has 0 spiro atoms. The van der Waals surface area contributed by atoms with Gasteiger partial charge in [-0.1, -0.05) is 107 Å². The van der Waals surface area contributed by atoms with Crippen molar-refractivity contribution in [3.63, 3.8) is 0 Å². The number of Topliss-reactive ketones (excluding diaryl/α,β-unsaturated/α-hetero) is 1. The average Bonchev–Trinajstić information content (AvgIpc) is 2.98. The Bertz CT molecular complexity index is 1640. The average molecular weight is 580 g/mol. The number of aliphatic hydroxyl groups is 1. The number of rotatable bonds is 5. The van der Waals surface area contributed by atoms with E-state index in [1.807, 2.05) is 50.2 Å². The molecule has 4 nitrogen and oxygen atoms in total. The molecule has 5 rings (SSSR count). The van der Waals surface area contributed by atoms with Crippen molar-refractivity contribution in [3.05, 3.63) is 140 Å². The molecule has 1 aliphatic rings. The van der Waals surface area contributed by atoms with Crippen molar-refractivity contribution in [1.29, 1.82) is 10.5 Å². The molecule has 204 valence electrons. The fourth-order valence-corrected chi connectivity index (χ4v) is 6.53. The van der Waals surface area contributed by atoms with Gasteiger partial charge >= 0.3 is 0 Å². The highest BCUT2D eigenvalue weighted by atomic mass is 35.5. The second kappa shape index (κ2) is 11.2. The lowest BCUT2D eigenvalue weighted by atomic mass is 9.48. The summed E-state index contributed by atoms with van der Waals surface area (Å²) in [4.78, 5) is 14.6. The molecule has 41 heavy (non-hydrogen) atoms. The van der Waals surface area contributed by atoms with Crippen LogP contribution in [-0.4, -0.2) is 10.9 Å². The zero-order valence-corrected chi connectivity index (χ0v) is 24.2. The summed E-state index contributed by atoms with van der Waals surface area (Å²) in [6, 6.07) is 33.2. The van der Waals surface area contributed by atoms with Gasteiger partial charge in [0.2, 0.25) is 0 Å². The van der Waals surface area contributed by atoms with Gasteiger partial charge in [0.1, 0.15) is 5.60 Å². The second-order valence-electron chi connectivity index (χ2n) is 10.9. The Morgan fingerprint density at radius 3 is 1.73 bits per heavy atom. The molecule has 0 heterocycles. The Kier molecular flexibility index (Phi) is 7.78. The molecular weight excluding hydrogens is 551 g/mol. The van der Waals surface area contributed by atoms with Crippen LogP contribution in [0.4, 0.5) is 0 Å². The number of benzene rings is 4. The van der Waals surface area contributed by atoms with E-state index in [9.17, 15) is 20.4 Å². The van der Waals surface area contributed by atoms with Crippen LogP contribution in [0.2, 0.25) is 10.0 Å². The van der Waals surface area contributed by atoms with Gasteiger partial charge in [0.25, 0.3) is 0 Å². The minimum atomic E-state index is -1.75. The SMILES string of the molecule is Cc1ccc(C(=O)C2C(c3ccc(C)cc3)C(C#N)(C#N)C(c3ccc(Cl)cc3)CC2(O)c2ccc(Cl)cc2)cc1. The van der Waals surface area contributed by atoms with Gasteiger partial charge in [-0.2, -0.15) is 10.5 Å². The normalized spacial score (nSPS) is 23.2. The van der Waals surface area contributed by atoms with Crippen LogP contribution in [-0.2, 0) is 5.60 Å². The first-order valence-corrected chi connectivity index (χ1v) is 14.1. The number of hydrogen-bond donors (Lipinski definition) is 1. The Morgan fingerprint density at radius 2 is 1.22 bits per heavy atom. The molecule has 0 aliphatic heterocycles. The molecule has 0 aromatic heterocycles. The Labute approximate surface area is 250 Å². The van der Waals surface area contributed by atoms with Gasteiger partial charge in [0, 0.05) is 27.4 Å². The van der Waals surface area contributed by atoms with Crippen molar-refractivity contribution < 1.29 is 9.90 Å². The number of ketones is 1. The Morgan fingerprint density at radius 1 is 0.756 bits per heavy atom. The predicted molar refractivity (Wildman–Crippen MR) is 161 cm³/mol. The lowest BCUT2D eigenvalue weighted by Crippen LogP contribution is -2.55. The van der Waals surface area contributed by atoms with Crippen LogP contribution in [0.15, 0.2) is 97.1 Å². The van der Waals surface area contributed by atoms with Crippen molar-refractivity contribution in [2.24, 2.45) is 11.3 Å². The van der Waals surface area contributed by atoms with E-state index in [1.54, 1.807) is 60.7 Å². The first-order chi connectivity index (χ1) is 19.6. The molecule has 4 unspecified atom stereocenters. The summed E-state index contributed by atoms with van der Waals surface area (Å²) in [5.41, 5.74) is 0.759. The smallest absolute Gasteiger partial charge is 0.169 e. The van der Waals surface area contributed by atoms with Crippen molar-refractivity contribution in [2.45, 2.75) is 37.7 Å². The summed E-state index contributed by atoms with van der Waals surface area (Å²) >= 11 is 12.4. The van der Waals surface area contributed by atoms with E-state index in [1.165, 1.54) is 0 Å². The zero-order valence-electron chi connectivity index (χ0n) is 22.7. The van der Waals surface area contributed by atoms with E-state index in [0.29, 0.717) is 32.3 Å². The summed E-state index contributed by atoms with van der Waals surface area (Å²) in [5.74, 6) is -3.21. The van der Waals surface area contributed by atoms with E-state index in [-0.39, 0.29) is 12.2 Å². The third-order valence-corrected chi connectivity index (χ3v) is 8.95. The van der Waals surface area contributed by atoms with Gasteiger partial charge in [-0.15, -0.1) is 0 Å². The van der Waals surface area contributed by atoms with Gasteiger partial charge in [0.05, 0.1) is 18.1 Å². The molecule has 1 N–H and O–H groups in total. The van der Waals surface area contributed by atoms with Crippen LogP contribution < -0.4 is 0 Å². The lowest BCUT2D eigenvalue weighted by molar-refractivity contribution is -0.0783. The van der Waals surface area contributed by atoms with Crippen molar-refractivity contribution in [2.75, 3.05) is 0 Å². The van der Waals surface area contributed by atoms with E-state index in [0.717, 1.165) is 11.1 Å². The number of carbonyl (C=O) groups excluding carboxylic acids is 1. The standard InChI is InChI=1S/C35H28Cl2N2O2/c1-22-3-7-25(8-4-22)31-32(33(40)26-9-5-23(2)6-10-26)35(41,27-13-17-29(37)18-14-27)19-30(34(31,20-38)21-39)24-11-15-28(36)16-12-24/h3-18,30-32,41H,19H2,1-2H3. The van der Waals surface area contributed by atoms with Crippen molar-refractivity contribution in [1.82, 2.24) is 0 Å². The Hall–Kier alpha value is -3.93. The quantitative estimate of drug-likeness (QED) is 0.241. The van der Waals surface area contributed by atoms with Crippen LogP contribution in [0.1, 0.15) is 56.4 Å². The molecular formula is C35H28Cl2N2O2. The highest BCUT2D eigenvalue weighted by Gasteiger charge is 2.64. The zero-order chi connectivity index (χ0) is 29.4. The minimum absolute atomic E-state index is 0.0397. The van der Waals surface area contributed by atoms with Gasteiger partial charge < -0.3 is 5.11 Å². The fourth-order valence-electron chi connectivity index (χ4n) is 6.28. The summed E-state index contributed by atoms with van der Waals surface area (Å²) < 4.78 is 0. The highest BCUT2D eigenvalue weighted by molar-refractivity contribution is 6.30. The van der Waals surface area contributed by atoms with Crippen LogP contribution in [0.3, 0.4) is 0 Å². The van der Waals surface area contributed by atoms with E-state index in [4.69, 9.17) is 23.2 Å². The number of aryl methyl sites for hydroxylation is 2. The molecule has 0 saturated heterocycles. The largest absolute Gasteiger partial charge is 0.384 e. The Balaban J connectivity index is 1.85. The molecule has 1 saturated carbocycles. The first kappa shape index (κ1) is 28.6. The van der Waals surface area contributed by atoms with Crippen LogP contribution >= 0.6 is 23.2 Å². The van der Waals surface area contributed by atoms with Crippen LogP contribution in [0.25, 0.3) is 0 Å². The topological polar surface area (TPSA) is 84.9 Å². The second-order valence-corrected chi connectivity index (χ2v) is 11.8. The number of carbonyl (C=O) groups is 1. The molecule has 4 aromatic carbocycles. The minimum Gasteiger partial charge on any atom is -0.384 e.